The molecule has 0 aliphatic heterocycles. The molecule has 0 unspecified atom stereocenters. The average Bonchev–Trinajstić information content (AvgIpc) is 2.55. The molecule has 0 aromatic heterocycles. The summed E-state index contributed by atoms with van der Waals surface area (Å²) in [7, 11) is 0. The first-order chi connectivity index (χ1) is 8.68. The maximum atomic E-state index is 11.8. The molecule has 18 heavy (non-hydrogen) atoms. The second kappa shape index (κ2) is 6.55. The highest BCUT2D eigenvalue weighted by molar-refractivity contribution is 5.78. The van der Waals surface area contributed by atoms with Gasteiger partial charge in [-0.15, -0.1) is 0 Å². The van der Waals surface area contributed by atoms with Gasteiger partial charge < -0.3 is 10.6 Å². The zero-order chi connectivity index (χ0) is 12.8. The van der Waals surface area contributed by atoms with E-state index in [4.69, 9.17) is 0 Å². The second-order valence-corrected chi connectivity index (χ2v) is 6.52. The van der Waals surface area contributed by atoms with E-state index in [2.05, 4.69) is 17.6 Å². The largest absolute Gasteiger partial charge is 0.352 e. The molecule has 3 nitrogen and oxygen atoms in total. The number of rotatable bonds is 5. The van der Waals surface area contributed by atoms with Gasteiger partial charge in [-0.1, -0.05) is 39.0 Å². The minimum Gasteiger partial charge on any atom is -0.352 e. The first-order valence-corrected chi connectivity index (χ1v) is 7.68. The minimum absolute atomic E-state index is 0.185. The van der Waals surface area contributed by atoms with Gasteiger partial charge in [0.05, 0.1) is 6.54 Å². The Morgan fingerprint density at radius 2 is 1.78 bits per heavy atom. The molecule has 0 atom stereocenters. The lowest BCUT2D eigenvalue weighted by molar-refractivity contribution is -0.121. The molecule has 0 spiro atoms. The third-order valence-corrected chi connectivity index (χ3v) is 4.62. The van der Waals surface area contributed by atoms with E-state index in [-0.39, 0.29) is 5.91 Å². The molecule has 0 saturated heterocycles. The summed E-state index contributed by atoms with van der Waals surface area (Å²) >= 11 is 0. The van der Waals surface area contributed by atoms with Crippen LogP contribution >= 0.6 is 0 Å². The van der Waals surface area contributed by atoms with Crippen molar-refractivity contribution in [3.63, 3.8) is 0 Å². The van der Waals surface area contributed by atoms with E-state index in [9.17, 15) is 4.79 Å². The summed E-state index contributed by atoms with van der Waals surface area (Å²) in [4.78, 5) is 11.8. The normalized spacial score (nSPS) is 24.1. The number of hydrogen-bond acceptors (Lipinski definition) is 2. The Labute approximate surface area is 111 Å². The lowest BCUT2D eigenvalue weighted by atomic mass is 9.70. The molecule has 1 amide bonds. The van der Waals surface area contributed by atoms with Gasteiger partial charge >= 0.3 is 0 Å². The van der Waals surface area contributed by atoms with Crippen molar-refractivity contribution in [3.05, 3.63) is 0 Å². The summed E-state index contributed by atoms with van der Waals surface area (Å²) in [5.74, 6) is 0.185. The molecule has 2 N–H and O–H groups in total. The summed E-state index contributed by atoms with van der Waals surface area (Å²) in [6.45, 7) is 3.80. The van der Waals surface area contributed by atoms with Gasteiger partial charge in [0.15, 0.2) is 0 Å². The van der Waals surface area contributed by atoms with Crippen molar-refractivity contribution in [2.24, 2.45) is 5.41 Å². The smallest absolute Gasteiger partial charge is 0.234 e. The van der Waals surface area contributed by atoms with E-state index >= 15 is 0 Å². The summed E-state index contributed by atoms with van der Waals surface area (Å²) in [6, 6.07) is 0.432. The summed E-state index contributed by atoms with van der Waals surface area (Å²) in [5, 5.41) is 6.50. The Balaban J connectivity index is 1.59. The van der Waals surface area contributed by atoms with Crippen LogP contribution in [0.4, 0.5) is 0 Å². The number of carbonyl (C=O) groups is 1. The van der Waals surface area contributed by atoms with Gasteiger partial charge in [-0.25, -0.2) is 0 Å². The predicted molar refractivity (Wildman–Crippen MR) is 74.5 cm³/mol. The average molecular weight is 252 g/mol. The van der Waals surface area contributed by atoms with Crippen LogP contribution in [0.15, 0.2) is 0 Å². The van der Waals surface area contributed by atoms with Crippen LogP contribution in [0.25, 0.3) is 0 Å². The van der Waals surface area contributed by atoms with Gasteiger partial charge in [0, 0.05) is 12.6 Å². The van der Waals surface area contributed by atoms with E-state index < -0.39 is 0 Å². The molecule has 2 fully saturated rings. The zero-order valence-corrected chi connectivity index (χ0v) is 11.8. The number of carbonyl (C=O) groups excluding carboxylic acids is 1. The minimum atomic E-state index is 0.185. The van der Waals surface area contributed by atoms with Crippen LogP contribution in [0.2, 0.25) is 0 Å². The highest BCUT2D eigenvalue weighted by Gasteiger charge is 2.31. The number of nitrogens with one attached hydrogen (secondary N) is 2. The van der Waals surface area contributed by atoms with Gasteiger partial charge in [0.1, 0.15) is 0 Å². The van der Waals surface area contributed by atoms with E-state index in [0.29, 0.717) is 18.0 Å². The molecule has 2 aliphatic rings. The molecule has 104 valence electrons. The fraction of sp³-hybridized carbons (Fsp3) is 0.933. The van der Waals surface area contributed by atoms with Gasteiger partial charge in [-0.2, -0.15) is 0 Å². The van der Waals surface area contributed by atoms with Crippen molar-refractivity contribution in [1.29, 1.82) is 0 Å². The first-order valence-electron chi connectivity index (χ1n) is 7.68. The maximum Gasteiger partial charge on any atom is 0.234 e. The zero-order valence-electron chi connectivity index (χ0n) is 11.8. The molecule has 0 radical (unpaired) electrons. The van der Waals surface area contributed by atoms with E-state index in [0.717, 1.165) is 6.54 Å². The van der Waals surface area contributed by atoms with Gasteiger partial charge in [0.2, 0.25) is 5.91 Å². The molecular formula is C15H28N2O. The summed E-state index contributed by atoms with van der Waals surface area (Å²) < 4.78 is 0. The molecule has 2 saturated carbocycles. The third kappa shape index (κ3) is 4.27. The molecule has 0 aromatic carbocycles. The van der Waals surface area contributed by atoms with Gasteiger partial charge in [-0.05, 0) is 31.1 Å². The highest BCUT2D eigenvalue weighted by Crippen LogP contribution is 2.39. The number of hydrogen-bond donors (Lipinski definition) is 2. The van der Waals surface area contributed by atoms with Crippen LogP contribution in [-0.2, 0) is 4.79 Å². The van der Waals surface area contributed by atoms with Crippen molar-refractivity contribution in [3.8, 4) is 0 Å². The maximum absolute atomic E-state index is 11.8. The lowest BCUT2D eigenvalue weighted by Crippen LogP contribution is -2.44. The lowest BCUT2D eigenvalue weighted by Gasteiger charge is -2.38. The molecule has 3 heteroatoms. The highest BCUT2D eigenvalue weighted by atomic mass is 16.1. The molecule has 0 heterocycles. The van der Waals surface area contributed by atoms with E-state index in [1.807, 2.05) is 0 Å². The van der Waals surface area contributed by atoms with Crippen molar-refractivity contribution >= 4 is 5.91 Å². The van der Waals surface area contributed by atoms with Crippen LogP contribution in [0.1, 0.15) is 64.7 Å². The molecule has 2 rings (SSSR count). The SMILES string of the molecule is CC1(CNCC(=O)NC2CCCCCC2)CCC1. The van der Waals surface area contributed by atoms with Crippen LogP contribution in [0.5, 0.6) is 0 Å². The standard InChI is InChI=1S/C15H28N2O/c1-15(9-6-10-15)12-16-11-14(18)17-13-7-4-2-3-5-8-13/h13,16H,2-12H2,1H3,(H,17,18). The van der Waals surface area contributed by atoms with Gasteiger partial charge in [0.25, 0.3) is 0 Å². The Morgan fingerprint density at radius 1 is 1.11 bits per heavy atom. The van der Waals surface area contributed by atoms with Crippen molar-refractivity contribution in [2.75, 3.05) is 13.1 Å². The fourth-order valence-corrected chi connectivity index (χ4v) is 3.14. The van der Waals surface area contributed by atoms with Crippen molar-refractivity contribution < 1.29 is 4.79 Å². The van der Waals surface area contributed by atoms with Crippen LogP contribution in [0, 0.1) is 5.41 Å². The molecule has 2 aliphatic carbocycles. The summed E-state index contributed by atoms with van der Waals surface area (Å²) in [5.41, 5.74) is 0.461. The van der Waals surface area contributed by atoms with Crippen LogP contribution < -0.4 is 10.6 Å². The van der Waals surface area contributed by atoms with Gasteiger partial charge in [-0.3, -0.25) is 4.79 Å². The first kappa shape index (κ1) is 13.9. The Kier molecular flexibility index (Phi) is 5.04. The molecule has 0 bridgehead atoms. The summed E-state index contributed by atoms with van der Waals surface area (Å²) in [6.07, 6.45) is 11.5. The fourth-order valence-electron chi connectivity index (χ4n) is 3.14. The van der Waals surface area contributed by atoms with Crippen LogP contribution in [0.3, 0.4) is 0 Å². The van der Waals surface area contributed by atoms with Crippen LogP contribution in [-0.4, -0.2) is 25.0 Å². The van der Waals surface area contributed by atoms with E-state index in [1.54, 1.807) is 0 Å². The predicted octanol–water partition coefficient (Wildman–Crippen LogP) is 2.61. The quantitative estimate of drug-likeness (QED) is 0.738. The Bertz CT molecular complexity index is 266. The number of amides is 1. The van der Waals surface area contributed by atoms with Crippen molar-refractivity contribution in [1.82, 2.24) is 10.6 Å². The Hall–Kier alpha value is -0.570. The van der Waals surface area contributed by atoms with E-state index in [1.165, 1.54) is 57.8 Å². The van der Waals surface area contributed by atoms with Crippen molar-refractivity contribution in [2.45, 2.75) is 70.8 Å². The Morgan fingerprint density at radius 3 is 2.33 bits per heavy atom. The topological polar surface area (TPSA) is 41.1 Å². The monoisotopic (exact) mass is 252 g/mol. The third-order valence-electron chi connectivity index (χ3n) is 4.62. The second-order valence-electron chi connectivity index (χ2n) is 6.52. The molecular weight excluding hydrogens is 224 g/mol. The molecule has 0 aromatic rings.